The Balaban J connectivity index is 0.900. The van der Waals surface area contributed by atoms with Gasteiger partial charge in [0.2, 0.25) is 5.95 Å². The number of aromatic nitrogens is 6. The van der Waals surface area contributed by atoms with Gasteiger partial charge in [-0.15, -0.1) is 0 Å². The summed E-state index contributed by atoms with van der Waals surface area (Å²) in [4.78, 5) is 41.8. The topological polar surface area (TPSA) is 162 Å². The van der Waals surface area contributed by atoms with Gasteiger partial charge in [-0.1, -0.05) is 39.3 Å². The second-order valence-corrected chi connectivity index (χ2v) is 19.1. The zero-order valence-corrected chi connectivity index (χ0v) is 38.2. The van der Waals surface area contributed by atoms with Crippen LogP contribution in [0.15, 0.2) is 55.1 Å². The van der Waals surface area contributed by atoms with Crippen LogP contribution < -0.4 is 25.2 Å². The molecule has 4 aliphatic rings. The van der Waals surface area contributed by atoms with Gasteiger partial charge < -0.3 is 30.1 Å². The van der Waals surface area contributed by atoms with E-state index < -0.39 is 17.3 Å². The molecule has 3 amide bonds. The Hall–Kier alpha value is -6.28. The first-order valence-corrected chi connectivity index (χ1v) is 22.5. The third-order valence-electron chi connectivity index (χ3n) is 13.9. The van der Waals surface area contributed by atoms with E-state index in [1.807, 2.05) is 6.07 Å². The van der Waals surface area contributed by atoms with Crippen LogP contribution >= 0.6 is 11.6 Å². The Bertz CT molecular complexity index is 2670. The minimum Gasteiger partial charge on any atom is -0.489 e. The smallest absolute Gasteiger partial charge is 0.317 e. The van der Waals surface area contributed by atoms with E-state index in [1.165, 1.54) is 0 Å². The molecule has 3 aromatic heterocycles. The van der Waals surface area contributed by atoms with Crippen molar-refractivity contribution in [3.63, 3.8) is 0 Å². The van der Waals surface area contributed by atoms with E-state index in [-0.39, 0.29) is 35.7 Å². The molecule has 9 rings (SSSR count). The van der Waals surface area contributed by atoms with Gasteiger partial charge in [0.15, 0.2) is 5.82 Å². The Labute approximate surface area is 381 Å². The first-order chi connectivity index (χ1) is 31.1. The highest BCUT2D eigenvalue weighted by Gasteiger charge is 2.64. The zero-order chi connectivity index (χ0) is 45.9. The predicted octanol–water partition coefficient (Wildman–Crippen LogP) is 7.77. The number of halogens is 3. The summed E-state index contributed by atoms with van der Waals surface area (Å²) < 4.78 is 39.7. The predicted molar refractivity (Wildman–Crippen MR) is 242 cm³/mol. The maximum absolute atomic E-state index is 14.8. The monoisotopic (exact) mass is 906 g/mol. The Morgan fingerprint density at radius 1 is 1.00 bits per heavy atom. The van der Waals surface area contributed by atoms with Crippen molar-refractivity contribution in [2.75, 3.05) is 43.0 Å². The van der Waals surface area contributed by atoms with Crippen LogP contribution in [-0.4, -0.2) is 91.7 Å². The fraction of sp³-hybridized carbons (Fsp3) is 0.468. The molecule has 18 heteroatoms. The van der Waals surface area contributed by atoms with Gasteiger partial charge in [-0.05, 0) is 61.1 Å². The number of alkyl halides is 2. The molecule has 2 aromatic carbocycles. The molecule has 5 aromatic rings. The molecule has 0 atom stereocenters. The minimum absolute atomic E-state index is 0.0505. The van der Waals surface area contributed by atoms with Gasteiger partial charge in [-0.2, -0.15) is 15.5 Å². The fourth-order valence-corrected chi connectivity index (χ4v) is 11.1. The molecule has 3 aliphatic heterocycles. The maximum atomic E-state index is 14.8. The van der Waals surface area contributed by atoms with Gasteiger partial charge in [0, 0.05) is 116 Å². The number of nitrogens with zero attached hydrogens (tertiary/aromatic N) is 10. The van der Waals surface area contributed by atoms with Crippen molar-refractivity contribution in [1.29, 1.82) is 5.26 Å². The van der Waals surface area contributed by atoms with Crippen molar-refractivity contribution in [2.24, 2.45) is 17.9 Å². The first kappa shape index (κ1) is 43.9. The number of aryl methyl sites for hydroxylation is 2. The van der Waals surface area contributed by atoms with Crippen LogP contribution in [-0.2, 0) is 26.4 Å². The standard InChI is InChI=1S/C47H53ClF2N12O3/c1-46(2)42(47(3,4)43(46)65-32-10-9-28(21-51)36(48)19-32)56-41(63)29-22-53-44(54-23-29)59-15-11-31(12-16-59)62-37-13-17-60(45(64)52-5)26-35(37)40(57-62)61-14-7-8-27-18-33(30-24-55-58(6)25-30)34(39(49)50)20-38(27)61/h9-10,18-20,22-25,31,39,42-43H,7-8,11-17,26H2,1-6H3,(H,52,64)(H,56,63). The number of fused-ring (bicyclic) bond motifs is 2. The quantitative estimate of drug-likeness (QED) is 0.150. The summed E-state index contributed by atoms with van der Waals surface area (Å²) in [5.74, 6) is 1.53. The number of ether oxygens (including phenoxy) is 1. The molecule has 1 aliphatic carbocycles. The van der Waals surface area contributed by atoms with Crippen LogP contribution in [0.1, 0.15) is 97.7 Å². The van der Waals surface area contributed by atoms with Crippen LogP contribution in [0.5, 0.6) is 5.75 Å². The van der Waals surface area contributed by atoms with Crippen LogP contribution in [0.2, 0.25) is 5.02 Å². The summed E-state index contributed by atoms with van der Waals surface area (Å²) in [7, 11) is 3.39. The van der Waals surface area contributed by atoms with Gasteiger partial charge in [-0.25, -0.2) is 23.5 Å². The Kier molecular flexibility index (Phi) is 11.4. The molecule has 6 heterocycles. The second kappa shape index (κ2) is 16.9. The molecule has 65 heavy (non-hydrogen) atoms. The van der Waals surface area contributed by atoms with Crippen LogP contribution in [0.4, 0.5) is 31.0 Å². The van der Waals surface area contributed by atoms with E-state index >= 15 is 0 Å². The van der Waals surface area contributed by atoms with Crippen molar-refractivity contribution in [3.05, 3.63) is 93.7 Å². The van der Waals surface area contributed by atoms with Gasteiger partial charge in [-0.3, -0.25) is 14.2 Å². The molecule has 0 bridgehead atoms. The van der Waals surface area contributed by atoms with E-state index in [4.69, 9.17) is 21.4 Å². The number of carbonyl (C=O) groups excluding carboxylic acids is 2. The Morgan fingerprint density at radius 2 is 1.74 bits per heavy atom. The molecular formula is C47H53ClF2N12O3. The number of benzene rings is 2. The molecule has 0 unspecified atom stereocenters. The van der Waals surface area contributed by atoms with Crippen molar-refractivity contribution < 1.29 is 23.1 Å². The summed E-state index contributed by atoms with van der Waals surface area (Å²) in [5.41, 5.74) is 4.65. The van der Waals surface area contributed by atoms with Gasteiger partial charge in [0.25, 0.3) is 12.3 Å². The van der Waals surface area contributed by atoms with Crippen molar-refractivity contribution in [1.82, 2.24) is 45.1 Å². The third-order valence-corrected chi connectivity index (χ3v) is 14.2. The number of carbonyl (C=O) groups is 2. The van der Waals surface area contributed by atoms with Crippen molar-refractivity contribution in [3.8, 4) is 22.9 Å². The lowest BCUT2D eigenvalue weighted by Gasteiger charge is -2.63. The molecule has 340 valence electrons. The molecule has 0 spiro atoms. The number of nitriles is 1. The number of nitrogens with one attached hydrogen (secondary N) is 2. The number of rotatable bonds is 9. The lowest BCUT2D eigenvalue weighted by Crippen LogP contribution is -2.74. The summed E-state index contributed by atoms with van der Waals surface area (Å²) >= 11 is 6.27. The maximum Gasteiger partial charge on any atom is 0.317 e. The van der Waals surface area contributed by atoms with E-state index in [2.05, 4.69) is 73.9 Å². The summed E-state index contributed by atoms with van der Waals surface area (Å²) in [6.07, 6.45) is 7.26. The lowest BCUT2D eigenvalue weighted by atomic mass is 9.49. The normalized spacial score (nSPS) is 20.1. The zero-order valence-electron chi connectivity index (χ0n) is 37.4. The van der Waals surface area contributed by atoms with Crippen LogP contribution in [0, 0.1) is 22.2 Å². The van der Waals surface area contributed by atoms with E-state index in [1.54, 1.807) is 72.7 Å². The summed E-state index contributed by atoms with van der Waals surface area (Å²) in [5, 5.41) is 25.1. The minimum atomic E-state index is -2.69. The molecule has 1 saturated heterocycles. The average molecular weight is 907 g/mol. The van der Waals surface area contributed by atoms with Crippen LogP contribution in [0.3, 0.4) is 0 Å². The van der Waals surface area contributed by atoms with Crippen LogP contribution in [0.25, 0.3) is 11.1 Å². The number of amides is 3. The highest BCUT2D eigenvalue weighted by atomic mass is 35.5. The fourth-order valence-electron chi connectivity index (χ4n) is 10.9. The van der Waals surface area contributed by atoms with E-state index in [9.17, 15) is 23.6 Å². The number of hydrogen-bond donors (Lipinski definition) is 2. The average Bonchev–Trinajstić information content (AvgIpc) is 3.92. The van der Waals surface area contributed by atoms with Gasteiger partial charge >= 0.3 is 6.03 Å². The summed E-state index contributed by atoms with van der Waals surface area (Å²) in [6, 6.07) is 10.3. The number of anilines is 3. The largest absolute Gasteiger partial charge is 0.489 e. The first-order valence-electron chi connectivity index (χ1n) is 22.1. The van der Waals surface area contributed by atoms with Crippen molar-refractivity contribution >= 4 is 41.0 Å². The number of hydrogen-bond acceptors (Lipinski definition) is 10. The molecule has 2 N–H and O–H groups in total. The lowest BCUT2D eigenvalue weighted by molar-refractivity contribution is -0.164. The highest BCUT2D eigenvalue weighted by molar-refractivity contribution is 6.31. The molecular weight excluding hydrogens is 854 g/mol. The third kappa shape index (κ3) is 7.89. The van der Waals surface area contributed by atoms with Gasteiger partial charge in [0.05, 0.1) is 34.9 Å². The van der Waals surface area contributed by atoms with Crippen molar-refractivity contribution in [2.45, 2.75) is 91.0 Å². The molecule has 15 nitrogen and oxygen atoms in total. The molecule has 0 radical (unpaired) electrons. The van der Waals surface area contributed by atoms with Gasteiger partial charge in [0.1, 0.15) is 17.9 Å². The highest BCUT2D eigenvalue weighted by Crippen LogP contribution is 2.56. The summed E-state index contributed by atoms with van der Waals surface area (Å²) in [6.45, 7) is 11.0. The SMILES string of the molecule is CNC(=O)N1CCc2c(c(N3CCCc4cc(-c5cnn(C)c5)c(C(F)F)cc43)nn2C2CCN(c3ncc(C(=O)NC4C(C)(C)C(Oc5ccc(C#N)c(Cl)c5)C4(C)C)cn3)CC2)C1. The molecule has 2 fully saturated rings. The second-order valence-electron chi connectivity index (χ2n) is 18.7. The number of piperidine rings is 1. The number of urea groups is 1. The molecule has 1 saturated carbocycles. The van der Waals surface area contributed by atoms with E-state index in [0.29, 0.717) is 83.9 Å². The van der Waals surface area contributed by atoms with E-state index in [0.717, 1.165) is 48.2 Å². The Morgan fingerprint density at radius 3 is 2.38 bits per heavy atom.